The number of piperidine rings is 1. The molecule has 0 saturated carbocycles. The van der Waals surface area contributed by atoms with Gasteiger partial charge in [-0.05, 0) is 43.0 Å². The molecule has 2 aromatic carbocycles. The summed E-state index contributed by atoms with van der Waals surface area (Å²) in [6.45, 7) is 3.01. The second-order valence-corrected chi connectivity index (χ2v) is 9.45. The Morgan fingerprint density at radius 2 is 1.89 bits per heavy atom. The number of aryl methyl sites for hydroxylation is 2. The lowest BCUT2D eigenvalue weighted by Gasteiger charge is -2.44. The average Bonchev–Trinajstić information content (AvgIpc) is 3.20. The molecule has 3 heterocycles. The number of benzene rings is 2. The van der Waals surface area contributed by atoms with E-state index in [4.69, 9.17) is 0 Å². The highest BCUT2D eigenvalue weighted by atomic mass is 19.4. The largest absolute Gasteiger partial charge is 0.416 e. The Hall–Kier alpha value is -3.56. The monoisotopic (exact) mass is 501 g/mol. The third-order valence-corrected chi connectivity index (χ3v) is 6.95. The highest BCUT2D eigenvalue weighted by molar-refractivity contribution is 5.94. The van der Waals surface area contributed by atoms with Crippen LogP contribution >= 0.6 is 0 Å². The molecular weight excluding hydrogens is 474 g/mol. The number of rotatable bonds is 4. The summed E-state index contributed by atoms with van der Waals surface area (Å²) >= 11 is 0. The van der Waals surface area contributed by atoms with Crippen LogP contribution in [0.1, 0.15) is 35.1 Å². The predicted molar refractivity (Wildman–Crippen MR) is 128 cm³/mol. The van der Waals surface area contributed by atoms with Gasteiger partial charge in [-0.15, -0.1) is 0 Å². The van der Waals surface area contributed by atoms with Crippen LogP contribution in [-0.4, -0.2) is 39.8 Å². The first-order valence-corrected chi connectivity index (χ1v) is 11.9. The number of para-hydroxylation sites is 1. The number of aromatic nitrogens is 2. The molecule has 1 saturated heterocycles. The molecule has 2 amide bonds. The molecule has 0 unspecified atom stereocenters. The first-order valence-electron chi connectivity index (χ1n) is 11.9. The van der Waals surface area contributed by atoms with Crippen molar-refractivity contribution >= 4 is 17.5 Å². The van der Waals surface area contributed by atoms with Crippen molar-refractivity contribution in [3.8, 4) is 0 Å². The van der Waals surface area contributed by atoms with Crippen LogP contribution in [0.25, 0.3) is 0 Å². The molecule has 1 fully saturated rings. The average molecular weight is 502 g/mol. The predicted octanol–water partition coefficient (Wildman–Crippen LogP) is 5.50. The van der Waals surface area contributed by atoms with Crippen LogP contribution in [0.3, 0.4) is 0 Å². The third-order valence-electron chi connectivity index (χ3n) is 6.95. The van der Waals surface area contributed by atoms with Crippen molar-refractivity contribution in [2.45, 2.75) is 45.1 Å². The van der Waals surface area contributed by atoms with Crippen molar-refractivity contribution in [2.75, 3.05) is 22.9 Å². The molecule has 190 valence electrons. The number of urea groups is 1. The highest BCUT2D eigenvalue weighted by Gasteiger charge is 2.40. The quantitative estimate of drug-likeness (QED) is 0.444. The van der Waals surface area contributed by atoms with Gasteiger partial charge in [-0.1, -0.05) is 30.3 Å². The van der Waals surface area contributed by atoms with E-state index < -0.39 is 17.8 Å². The Kier molecular flexibility index (Phi) is 6.13. The summed E-state index contributed by atoms with van der Waals surface area (Å²) in [7, 11) is 1.72. The molecule has 0 spiro atoms. The number of halogens is 4. The number of hydrogen-bond donors (Lipinski definition) is 0. The van der Waals surface area contributed by atoms with E-state index in [0.29, 0.717) is 31.1 Å². The van der Waals surface area contributed by atoms with Crippen LogP contribution in [0.4, 0.5) is 33.9 Å². The van der Waals surface area contributed by atoms with E-state index in [-0.39, 0.29) is 24.0 Å². The van der Waals surface area contributed by atoms with Crippen molar-refractivity contribution in [2.24, 2.45) is 7.05 Å². The minimum absolute atomic E-state index is 0.00375. The lowest BCUT2D eigenvalue weighted by molar-refractivity contribution is -0.138. The van der Waals surface area contributed by atoms with Gasteiger partial charge in [0.15, 0.2) is 5.82 Å². The molecule has 0 N–H and O–H groups in total. The molecule has 2 aliphatic rings. The highest BCUT2D eigenvalue weighted by Crippen LogP contribution is 2.36. The zero-order chi connectivity index (χ0) is 25.6. The number of carbonyl (C=O) groups excluding carboxylic acids is 1. The molecule has 1 atom stereocenters. The van der Waals surface area contributed by atoms with Crippen molar-refractivity contribution < 1.29 is 22.4 Å². The van der Waals surface area contributed by atoms with Crippen LogP contribution in [0, 0.1) is 12.7 Å². The number of amides is 2. The summed E-state index contributed by atoms with van der Waals surface area (Å²) in [6.07, 6.45) is -1.26. The van der Waals surface area contributed by atoms with Crippen LogP contribution in [-0.2, 0) is 26.3 Å². The van der Waals surface area contributed by atoms with Gasteiger partial charge in [-0.25, -0.2) is 9.18 Å². The van der Waals surface area contributed by atoms with Crippen molar-refractivity contribution in [3.63, 3.8) is 0 Å². The van der Waals surface area contributed by atoms with Gasteiger partial charge in [0.25, 0.3) is 0 Å². The summed E-state index contributed by atoms with van der Waals surface area (Å²) in [5.74, 6) is 0.0638. The number of alkyl halides is 3. The number of fused-ring (bicyclic) bond motifs is 1. The van der Waals surface area contributed by atoms with Gasteiger partial charge in [0.1, 0.15) is 5.82 Å². The lowest BCUT2D eigenvalue weighted by atomic mass is 10.0. The first kappa shape index (κ1) is 24.1. The summed E-state index contributed by atoms with van der Waals surface area (Å²) in [5, 5.41) is 4.39. The van der Waals surface area contributed by atoms with Crippen molar-refractivity contribution in [1.29, 1.82) is 0 Å². The van der Waals surface area contributed by atoms with Gasteiger partial charge in [0.05, 0.1) is 30.4 Å². The summed E-state index contributed by atoms with van der Waals surface area (Å²) < 4.78 is 57.3. The van der Waals surface area contributed by atoms with Crippen LogP contribution in [0.15, 0.2) is 48.7 Å². The fourth-order valence-electron chi connectivity index (χ4n) is 5.33. The topological polar surface area (TPSA) is 44.6 Å². The van der Waals surface area contributed by atoms with E-state index in [1.807, 2.05) is 17.9 Å². The summed E-state index contributed by atoms with van der Waals surface area (Å²) in [5.41, 5.74) is 1.35. The maximum absolute atomic E-state index is 14.7. The molecule has 36 heavy (non-hydrogen) atoms. The van der Waals surface area contributed by atoms with Crippen molar-refractivity contribution in [3.05, 3.63) is 76.7 Å². The molecule has 5 rings (SSSR count). The SMILES string of the molecule is Cc1cccc(F)c1N1CCC[C@@H](N2Cc3cn(C)nc3N(Cc3ccccc3C(F)(F)F)C2=O)C1. The number of anilines is 2. The van der Waals surface area contributed by atoms with Gasteiger partial charge in [-0.3, -0.25) is 9.58 Å². The second-order valence-electron chi connectivity index (χ2n) is 9.45. The van der Waals surface area contributed by atoms with Gasteiger partial charge in [0.2, 0.25) is 0 Å². The molecule has 10 heteroatoms. The van der Waals surface area contributed by atoms with Crippen LogP contribution < -0.4 is 9.80 Å². The van der Waals surface area contributed by atoms with Crippen LogP contribution in [0.5, 0.6) is 0 Å². The lowest BCUT2D eigenvalue weighted by Crippen LogP contribution is -2.56. The molecule has 6 nitrogen and oxygen atoms in total. The maximum Gasteiger partial charge on any atom is 0.416 e. The van der Waals surface area contributed by atoms with E-state index in [1.165, 1.54) is 29.2 Å². The van der Waals surface area contributed by atoms with E-state index in [1.54, 1.807) is 28.9 Å². The van der Waals surface area contributed by atoms with Crippen molar-refractivity contribution in [1.82, 2.24) is 14.7 Å². The second kappa shape index (κ2) is 9.15. The van der Waals surface area contributed by atoms with Gasteiger partial charge < -0.3 is 9.80 Å². The summed E-state index contributed by atoms with van der Waals surface area (Å²) in [4.78, 5) is 18.8. The van der Waals surface area contributed by atoms with E-state index in [2.05, 4.69) is 5.10 Å². The Bertz CT molecular complexity index is 1270. The number of hydrogen-bond acceptors (Lipinski definition) is 3. The zero-order valence-electron chi connectivity index (χ0n) is 20.1. The molecule has 3 aromatic rings. The first-order chi connectivity index (χ1) is 17.1. The number of nitrogens with zero attached hydrogens (tertiary/aromatic N) is 5. The minimum Gasteiger partial charge on any atom is -0.367 e. The maximum atomic E-state index is 14.7. The van der Waals surface area contributed by atoms with Gasteiger partial charge in [-0.2, -0.15) is 18.3 Å². The molecular formula is C26H27F4N5O. The standard InChI is InChI=1S/C26H27F4N5O/c1-17-7-5-11-22(27)23(17)33-12-6-9-20(16-33)34-15-19-13-32(2)31-24(19)35(25(34)36)14-18-8-3-4-10-21(18)26(28,29)30/h3-5,7-8,10-11,13,20H,6,9,12,14-16H2,1-2H3/t20-/m1/s1. The third kappa shape index (κ3) is 4.40. The Balaban J connectivity index is 1.46. The minimum atomic E-state index is -4.54. The Labute approximate surface area is 206 Å². The number of carbonyl (C=O) groups is 1. The van der Waals surface area contributed by atoms with Gasteiger partial charge in [0, 0.05) is 31.9 Å². The Morgan fingerprint density at radius 1 is 1.11 bits per heavy atom. The van der Waals surface area contributed by atoms with Gasteiger partial charge >= 0.3 is 12.2 Å². The molecule has 1 aromatic heterocycles. The molecule has 0 aliphatic carbocycles. The summed E-state index contributed by atoms with van der Waals surface area (Å²) in [6, 6.07) is 9.63. The molecule has 2 aliphatic heterocycles. The zero-order valence-corrected chi connectivity index (χ0v) is 20.1. The molecule has 0 bridgehead atoms. The molecule has 0 radical (unpaired) electrons. The van der Waals surface area contributed by atoms with E-state index in [0.717, 1.165) is 30.0 Å². The Morgan fingerprint density at radius 3 is 2.64 bits per heavy atom. The smallest absolute Gasteiger partial charge is 0.367 e. The fourth-order valence-corrected chi connectivity index (χ4v) is 5.33. The van der Waals surface area contributed by atoms with Crippen LogP contribution in [0.2, 0.25) is 0 Å². The van der Waals surface area contributed by atoms with E-state index >= 15 is 0 Å². The normalized spacial score (nSPS) is 18.6. The van der Waals surface area contributed by atoms with E-state index in [9.17, 15) is 22.4 Å². The fraction of sp³-hybridized carbons (Fsp3) is 0.385.